The van der Waals surface area contributed by atoms with Gasteiger partial charge in [0.1, 0.15) is 11.8 Å². The van der Waals surface area contributed by atoms with Crippen molar-refractivity contribution in [3.05, 3.63) is 17.8 Å². The fourth-order valence-corrected chi connectivity index (χ4v) is 3.08. The van der Waals surface area contributed by atoms with Gasteiger partial charge in [0, 0.05) is 0 Å². The molecule has 1 aliphatic carbocycles. The maximum atomic E-state index is 11.2. The molecule has 3 unspecified atom stereocenters. The van der Waals surface area contributed by atoms with Crippen LogP contribution in [0.1, 0.15) is 50.5 Å². The molecule has 1 heterocycles. The number of primary amides is 1. The van der Waals surface area contributed by atoms with Gasteiger partial charge in [-0.25, -0.2) is 4.98 Å². The second kappa shape index (κ2) is 6.33. The smallest absolute Gasteiger partial charge is 0.267 e. The van der Waals surface area contributed by atoms with Crippen LogP contribution in [0.5, 0.6) is 5.88 Å². The highest BCUT2D eigenvalue weighted by molar-refractivity contribution is 5.91. The maximum Gasteiger partial charge on any atom is 0.267 e. The molecule has 0 saturated heterocycles. The summed E-state index contributed by atoms with van der Waals surface area (Å²) in [6.07, 6.45) is 3.46. The van der Waals surface area contributed by atoms with Gasteiger partial charge < -0.3 is 16.2 Å². The van der Waals surface area contributed by atoms with Crippen LogP contribution in [0.3, 0.4) is 0 Å². The highest BCUT2D eigenvalue weighted by atomic mass is 16.5. The van der Waals surface area contributed by atoms with Crippen molar-refractivity contribution in [1.82, 2.24) is 4.98 Å². The van der Waals surface area contributed by atoms with Crippen molar-refractivity contribution in [3.8, 4) is 5.88 Å². The van der Waals surface area contributed by atoms with E-state index in [9.17, 15) is 4.79 Å². The van der Waals surface area contributed by atoms with E-state index in [2.05, 4.69) is 25.8 Å². The molecule has 0 aliphatic heterocycles. The van der Waals surface area contributed by atoms with Gasteiger partial charge in [-0.2, -0.15) is 0 Å². The largest absolute Gasteiger partial charge is 0.473 e. The summed E-state index contributed by atoms with van der Waals surface area (Å²) in [5.74, 6) is 1.42. The van der Waals surface area contributed by atoms with E-state index in [0.717, 1.165) is 12.8 Å². The highest BCUT2D eigenvalue weighted by Crippen LogP contribution is 2.36. The van der Waals surface area contributed by atoms with Crippen molar-refractivity contribution < 1.29 is 9.53 Å². The molecule has 2 rings (SSSR count). The Kier molecular flexibility index (Phi) is 4.70. The fraction of sp³-hybridized carbons (Fsp3) is 0.625. The summed E-state index contributed by atoms with van der Waals surface area (Å²) in [4.78, 5) is 15.4. The zero-order valence-electron chi connectivity index (χ0n) is 13.0. The number of aromatic nitrogens is 1. The minimum atomic E-state index is -0.572. The Morgan fingerprint density at radius 3 is 2.71 bits per heavy atom. The summed E-state index contributed by atoms with van der Waals surface area (Å²) in [5.41, 5.74) is 11.8. The number of pyridine rings is 1. The second-order valence-electron chi connectivity index (χ2n) is 6.44. The number of nitrogen functional groups attached to an aromatic ring is 1. The molecule has 1 saturated carbocycles. The first-order valence-electron chi connectivity index (χ1n) is 7.61. The van der Waals surface area contributed by atoms with Crippen LogP contribution >= 0.6 is 0 Å². The van der Waals surface area contributed by atoms with E-state index in [1.54, 1.807) is 6.07 Å². The number of amides is 1. The molecule has 5 heteroatoms. The minimum absolute atomic E-state index is 0.0895. The molecule has 21 heavy (non-hydrogen) atoms. The van der Waals surface area contributed by atoms with Crippen LogP contribution in [-0.2, 0) is 0 Å². The summed E-state index contributed by atoms with van der Waals surface area (Å²) >= 11 is 0. The number of rotatable bonds is 4. The fourth-order valence-electron chi connectivity index (χ4n) is 3.08. The van der Waals surface area contributed by atoms with Crippen molar-refractivity contribution in [1.29, 1.82) is 0 Å². The number of carbonyl (C=O) groups is 1. The molecule has 1 aromatic heterocycles. The van der Waals surface area contributed by atoms with E-state index < -0.39 is 5.91 Å². The number of nitrogens with two attached hydrogens (primary N) is 2. The third-order valence-corrected chi connectivity index (χ3v) is 4.37. The lowest BCUT2D eigenvalue weighted by molar-refractivity contribution is 0.0430. The van der Waals surface area contributed by atoms with E-state index >= 15 is 0 Å². The second-order valence-corrected chi connectivity index (χ2v) is 6.44. The Morgan fingerprint density at radius 2 is 2.10 bits per heavy atom. The molecule has 1 amide bonds. The van der Waals surface area contributed by atoms with E-state index in [4.69, 9.17) is 16.2 Å². The van der Waals surface area contributed by atoms with Crippen LogP contribution in [0.4, 0.5) is 5.69 Å². The van der Waals surface area contributed by atoms with Crippen LogP contribution in [-0.4, -0.2) is 17.0 Å². The monoisotopic (exact) mass is 291 g/mol. The van der Waals surface area contributed by atoms with Gasteiger partial charge in [-0.15, -0.1) is 0 Å². The lowest BCUT2D eigenvalue weighted by Crippen LogP contribution is -2.36. The molecule has 1 aromatic rings. The predicted molar refractivity (Wildman–Crippen MR) is 82.9 cm³/mol. The quantitative estimate of drug-likeness (QED) is 0.892. The van der Waals surface area contributed by atoms with Crippen LogP contribution in [0, 0.1) is 17.8 Å². The standard InChI is InChI=1S/C16H25N3O2/c1-9(2)11-5-4-10(3)8-14(11)21-16-12(17)6-7-13(19-16)15(18)20/h6-7,9-11,14H,4-5,8,17H2,1-3H3,(H2,18,20). The third kappa shape index (κ3) is 3.65. The summed E-state index contributed by atoms with van der Waals surface area (Å²) in [6, 6.07) is 3.15. The summed E-state index contributed by atoms with van der Waals surface area (Å²) in [6.45, 7) is 6.67. The lowest BCUT2D eigenvalue weighted by atomic mass is 9.75. The number of carbonyl (C=O) groups excluding carboxylic acids is 1. The molecule has 0 bridgehead atoms. The Morgan fingerprint density at radius 1 is 1.38 bits per heavy atom. The highest BCUT2D eigenvalue weighted by Gasteiger charge is 2.33. The summed E-state index contributed by atoms with van der Waals surface area (Å²) < 4.78 is 6.08. The van der Waals surface area contributed by atoms with Gasteiger partial charge >= 0.3 is 0 Å². The first-order valence-corrected chi connectivity index (χ1v) is 7.61. The van der Waals surface area contributed by atoms with Crippen LogP contribution in [0.25, 0.3) is 0 Å². The molecule has 3 atom stereocenters. The molecule has 116 valence electrons. The van der Waals surface area contributed by atoms with E-state index in [0.29, 0.717) is 29.3 Å². The van der Waals surface area contributed by atoms with E-state index in [1.807, 2.05) is 0 Å². The average molecular weight is 291 g/mol. The molecule has 0 spiro atoms. The van der Waals surface area contributed by atoms with Crippen molar-refractivity contribution >= 4 is 11.6 Å². The molecule has 0 radical (unpaired) electrons. The van der Waals surface area contributed by atoms with Gasteiger partial charge in [0.05, 0.1) is 5.69 Å². The molecular formula is C16H25N3O2. The third-order valence-electron chi connectivity index (χ3n) is 4.37. The van der Waals surface area contributed by atoms with Crippen molar-refractivity contribution in [2.75, 3.05) is 5.73 Å². The summed E-state index contributed by atoms with van der Waals surface area (Å²) in [5, 5.41) is 0. The van der Waals surface area contributed by atoms with Crippen LogP contribution in [0.2, 0.25) is 0 Å². The maximum absolute atomic E-state index is 11.2. The van der Waals surface area contributed by atoms with Crippen LogP contribution < -0.4 is 16.2 Å². The lowest BCUT2D eigenvalue weighted by Gasteiger charge is -2.37. The topological polar surface area (TPSA) is 91.2 Å². The number of nitrogens with zero attached hydrogens (tertiary/aromatic N) is 1. The Labute approximate surface area is 126 Å². The molecule has 0 aromatic carbocycles. The average Bonchev–Trinajstić information content (AvgIpc) is 2.40. The van der Waals surface area contributed by atoms with Gasteiger partial charge in [0.2, 0.25) is 5.88 Å². The Balaban J connectivity index is 2.22. The Bertz CT molecular complexity index is 516. The van der Waals surface area contributed by atoms with Gasteiger partial charge in [-0.3, -0.25) is 4.79 Å². The van der Waals surface area contributed by atoms with Gasteiger partial charge in [-0.05, 0) is 42.7 Å². The first kappa shape index (κ1) is 15.6. The van der Waals surface area contributed by atoms with Crippen molar-refractivity contribution in [2.45, 2.75) is 46.1 Å². The predicted octanol–water partition coefficient (Wildman–Crippen LogP) is 2.60. The van der Waals surface area contributed by atoms with Crippen LogP contribution in [0.15, 0.2) is 12.1 Å². The number of hydrogen-bond acceptors (Lipinski definition) is 4. The molecule has 1 fully saturated rings. The zero-order chi connectivity index (χ0) is 15.6. The van der Waals surface area contributed by atoms with E-state index in [1.165, 1.54) is 12.5 Å². The van der Waals surface area contributed by atoms with Gasteiger partial charge in [-0.1, -0.05) is 27.2 Å². The van der Waals surface area contributed by atoms with Gasteiger partial charge in [0.15, 0.2) is 0 Å². The molecule has 5 nitrogen and oxygen atoms in total. The SMILES string of the molecule is CC1CCC(C(C)C)C(Oc2nc(C(N)=O)ccc2N)C1. The number of anilines is 1. The van der Waals surface area contributed by atoms with Crippen molar-refractivity contribution in [3.63, 3.8) is 0 Å². The Hall–Kier alpha value is -1.78. The molecular weight excluding hydrogens is 266 g/mol. The number of hydrogen-bond donors (Lipinski definition) is 2. The first-order chi connectivity index (χ1) is 9.88. The molecule has 4 N–H and O–H groups in total. The van der Waals surface area contributed by atoms with Crippen molar-refractivity contribution in [2.24, 2.45) is 23.5 Å². The zero-order valence-corrected chi connectivity index (χ0v) is 13.0. The summed E-state index contributed by atoms with van der Waals surface area (Å²) in [7, 11) is 0. The minimum Gasteiger partial charge on any atom is -0.473 e. The number of ether oxygens (including phenoxy) is 1. The van der Waals surface area contributed by atoms with Gasteiger partial charge in [0.25, 0.3) is 5.91 Å². The normalized spacial score (nSPS) is 25.8. The van der Waals surface area contributed by atoms with E-state index in [-0.39, 0.29) is 11.8 Å². The molecule has 1 aliphatic rings.